The third-order valence-corrected chi connectivity index (χ3v) is 6.28. The highest BCUT2D eigenvalue weighted by Crippen LogP contribution is 2.37. The number of para-hydroxylation sites is 1. The van der Waals surface area contributed by atoms with Gasteiger partial charge in [0.1, 0.15) is 16.8 Å². The van der Waals surface area contributed by atoms with Crippen LogP contribution in [-0.4, -0.2) is 43.8 Å². The van der Waals surface area contributed by atoms with Gasteiger partial charge in [0, 0.05) is 32.0 Å². The van der Waals surface area contributed by atoms with Crippen LogP contribution in [0.25, 0.3) is 0 Å². The number of imidazole rings is 1. The minimum absolute atomic E-state index is 0.0892. The van der Waals surface area contributed by atoms with Gasteiger partial charge < -0.3 is 18.8 Å². The van der Waals surface area contributed by atoms with Gasteiger partial charge in [-0.1, -0.05) is 6.07 Å². The summed E-state index contributed by atoms with van der Waals surface area (Å²) >= 11 is 0. The van der Waals surface area contributed by atoms with Gasteiger partial charge in [0.25, 0.3) is 0 Å². The molecule has 1 fully saturated rings. The highest BCUT2D eigenvalue weighted by atomic mass is 32.2. The fourth-order valence-corrected chi connectivity index (χ4v) is 4.88. The van der Waals surface area contributed by atoms with E-state index in [2.05, 4.69) is 9.71 Å². The van der Waals surface area contributed by atoms with Crippen molar-refractivity contribution in [3.05, 3.63) is 36.4 Å². The number of hydrogen-bond donors (Lipinski definition) is 1. The Morgan fingerprint density at radius 2 is 2.11 bits per heavy atom. The third kappa shape index (κ3) is 3.54. The van der Waals surface area contributed by atoms with E-state index in [9.17, 15) is 8.42 Å². The number of benzene rings is 1. The van der Waals surface area contributed by atoms with E-state index in [1.807, 2.05) is 17.7 Å². The molecule has 0 amide bonds. The molecule has 3 heterocycles. The summed E-state index contributed by atoms with van der Waals surface area (Å²) in [5.74, 6) is 1.46. The zero-order valence-corrected chi connectivity index (χ0v) is 15.9. The topological polar surface area (TPSA) is 91.7 Å². The van der Waals surface area contributed by atoms with Crippen LogP contribution in [0.15, 0.2) is 35.5 Å². The lowest BCUT2D eigenvalue weighted by Gasteiger charge is -2.21. The van der Waals surface area contributed by atoms with E-state index in [0.29, 0.717) is 38.4 Å². The second kappa shape index (κ2) is 7.49. The van der Waals surface area contributed by atoms with Crippen molar-refractivity contribution in [1.29, 1.82) is 0 Å². The largest absolute Gasteiger partial charge is 0.490 e. The quantitative estimate of drug-likeness (QED) is 0.834. The number of sulfonamides is 1. The molecule has 0 radical (unpaired) electrons. The lowest BCUT2D eigenvalue weighted by molar-refractivity contribution is 0.0925. The van der Waals surface area contributed by atoms with Gasteiger partial charge in [0.15, 0.2) is 11.5 Å². The van der Waals surface area contributed by atoms with Crippen molar-refractivity contribution >= 4 is 10.0 Å². The summed E-state index contributed by atoms with van der Waals surface area (Å²) < 4.78 is 48.1. The molecule has 0 spiro atoms. The van der Waals surface area contributed by atoms with Crippen LogP contribution in [0.4, 0.5) is 0 Å². The van der Waals surface area contributed by atoms with Gasteiger partial charge in [0.05, 0.1) is 19.3 Å². The monoisotopic (exact) mass is 393 g/mol. The first-order chi connectivity index (χ1) is 13.1. The second-order valence-corrected chi connectivity index (χ2v) is 8.20. The van der Waals surface area contributed by atoms with Crippen LogP contribution in [0, 0.1) is 0 Å². The molecule has 2 aromatic rings. The number of nitrogens with one attached hydrogen (secondary N) is 1. The SMILES string of the molecule is CCn1ccnc1[C@@H]1OCC[C@H]1NS(=O)(=O)c1cccc2c1OCCCO2. The molecule has 1 aromatic heterocycles. The molecule has 4 rings (SSSR count). The number of hydrogen-bond acceptors (Lipinski definition) is 6. The van der Waals surface area contributed by atoms with Crippen LogP contribution in [-0.2, 0) is 21.3 Å². The molecule has 1 saturated heterocycles. The van der Waals surface area contributed by atoms with E-state index >= 15 is 0 Å². The van der Waals surface area contributed by atoms with Gasteiger partial charge in [-0.05, 0) is 25.5 Å². The molecule has 1 aromatic carbocycles. The van der Waals surface area contributed by atoms with Gasteiger partial charge in [-0.25, -0.2) is 18.1 Å². The van der Waals surface area contributed by atoms with Gasteiger partial charge in [-0.3, -0.25) is 0 Å². The lowest BCUT2D eigenvalue weighted by Crippen LogP contribution is -2.37. The van der Waals surface area contributed by atoms with Crippen LogP contribution in [0.3, 0.4) is 0 Å². The Kier molecular flexibility index (Phi) is 5.07. The van der Waals surface area contributed by atoms with E-state index in [1.54, 1.807) is 18.3 Å². The molecule has 0 unspecified atom stereocenters. The molecule has 0 bridgehead atoms. The van der Waals surface area contributed by atoms with Gasteiger partial charge in [-0.2, -0.15) is 0 Å². The minimum Gasteiger partial charge on any atom is -0.490 e. The van der Waals surface area contributed by atoms with Gasteiger partial charge in [0.2, 0.25) is 10.0 Å². The first-order valence-corrected chi connectivity index (χ1v) is 10.6. The first kappa shape index (κ1) is 18.3. The average molecular weight is 393 g/mol. The summed E-state index contributed by atoms with van der Waals surface area (Å²) in [6, 6.07) is 4.52. The zero-order valence-electron chi connectivity index (χ0n) is 15.1. The number of nitrogens with zero attached hydrogens (tertiary/aromatic N) is 2. The fraction of sp³-hybridized carbons (Fsp3) is 0.500. The highest BCUT2D eigenvalue weighted by Gasteiger charge is 2.37. The smallest absolute Gasteiger partial charge is 0.244 e. The van der Waals surface area contributed by atoms with E-state index in [-0.39, 0.29) is 10.6 Å². The normalized spacial score (nSPS) is 22.6. The van der Waals surface area contributed by atoms with Crippen LogP contribution < -0.4 is 14.2 Å². The van der Waals surface area contributed by atoms with Crippen LogP contribution in [0.5, 0.6) is 11.5 Å². The molecule has 2 aliphatic heterocycles. The molecule has 2 atom stereocenters. The molecule has 1 N–H and O–H groups in total. The maximum Gasteiger partial charge on any atom is 0.244 e. The van der Waals surface area contributed by atoms with E-state index in [4.69, 9.17) is 14.2 Å². The molecule has 8 nitrogen and oxygen atoms in total. The maximum atomic E-state index is 13.1. The summed E-state index contributed by atoms with van der Waals surface area (Å²) in [4.78, 5) is 4.45. The molecular weight excluding hydrogens is 370 g/mol. The molecule has 2 aliphatic rings. The summed E-state index contributed by atoms with van der Waals surface area (Å²) in [6.07, 6.45) is 4.43. The third-order valence-electron chi connectivity index (χ3n) is 4.77. The van der Waals surface area contributed by atoms with Gasteiger partial charge in [-0.15, -0.1) is 0 Å². The zero-order chi connectivity index (χ0) is 18.9. The fourth-order valence-electron chi connectivity index (χ4n) is 3.45. The second-order valence-electron chi connectivity index (χ2n) is 6.51. The molecule has 9 heteroatoms. The van der Waals surface area contributed by atoms with Crippen molar-refractivity contribution in [3.63, 3.8) is 0 Å². The summed E-state index contributed by atoms with van der Waals surface area (Å²) in [7, 11) is -3.82. The summed E-state index contributed by atoms with van der Waals surface area (Å²) in [5, 5.41) is 0. The average Bonchev–Trinajstić information content (AvgIpc) is 3.23. The molecule has 0 aliphatic carbocycles. The minimum atomic E-state index is -3.82. The Morgan fingerprint density at radius 1 is 1.26 bits per heavy atom. The van der Waals surface area contributed by atoms with Crippen molar-refractivity contribution in [2.45, 2.75) is 43.4 Å². The molecule has 27 heavy (non-hydrogen) atoms. The Hall–Kier alpha value is -2.10. The standard InChI is InChI=1S/C18H23N3O5S/c1-2-21-9-8-19-18(21)16-13(7-12-26-16)20-27(22,23)15-6-3-5-14-17(15)25-11-4-10-24-14/h3,5-6,8-9,13,16,20H,2,4,7,10-12H2,1H3/t13-,16-/m1/s1. The lowest BCUT2D eigenvalue weighted by atomic mass is 10.1. The van der Waals surface area contributed by atoms with Crippen molar-refractivity contribution < 1.29 is 22.6 Å². The van der Waals surface area contributed by atoms with Gasteiger partial charge >= 0.3 is 0 Å². The van der Waals surface area contributed by atoms with Crippen molar-refractivity contribution in [2.75, 3.05) is 19.8 Å². The van der Waals surface area contributed by atoms with E-state index in [1.165, 1.54) is 6.07 Å². The van der Waals surface area contributed by atoms with Crippen molar-refractivity contribution in [3.8, 4) is 11.5 Å². The first-order valence-electron chi connectivity index (χ1n) is 9.13. The van der Waals surface area contributed by atoms with E-state index in [0.717, 1.165) is 12.4 Å². The number of rotatable bonds is 5. The Morgan fingerprint density at radius 3 is 2.96 bits per heavy atom. The Balaban J connectivity index is 1.62. The Bertz CT molecular complexity index is 911. The number of aryl methyl sites for hydroxylation is 1. The predicted molar refractivity (Wildman–Crippen MR) is 97.4 cm³/mol. The Labute approximate surface area is 158 Å². The van der Waals surface area contributed by atoms with E-state index < -0.39 is 22.2 Å². The number of fused-ring (bicyclic) bond motifs is 1. The maximum absolute atomic E-state index is 13.1. The predicted octanol–water partition coefficient (Wildman–Crippen LogP) is 1.87. The molecular formula is C18H23N3O5S. The molecule has 146 valence electrons. The molecule has 0 saturated carbocycles. The number of ether oxygens (including phenoxy) is 3. The highest BCUT2D eigenvalue weighted by molar-refractivity contribution is 7.89. The van der Waals surface area contributed by atoms with Crippen LogP contribution >= 0.6 is 0 Å². The summed E-state index contributed by atoms with van der Waals surface area (Å²) in [5.41, 5.74) is 0. The van der Waals surface area contributed by atoms with Crippen LogP contribution in [0.2, 0.25) is 0 Å². The van der Waals surface area contributed by atoms with Crippen LogP contribution in [0.1, 0.15) is 31.7 Å². The number of aromatic nitrogens is 2. The van der Waals surface area contributed by atoms with Crippen molar-refractivity contribution in [2.24, 2.45) is 0 Å². The summed E-state index contributed by atoms with van der Waals surface area (Å²) in [6.45, 7) is 4.15. The van der Waals surface area contributed by atoms with Crippen molar-refractivity contribution in [1.82, 2.24) is 14.3 Å².